The van der Waals surface area contributed by atoms with Gasteiger partial charge in [-0.15, -0.1) is 0 Å². The van der Waals surface area contributed by atoms with Gasteiger partial charge >= 0.3 is 0 Å². The van der Waals surface area contributed by atoms with Gasteiger partial charge in [-0.1, -0.05) is 19.1 Å². The van der Waals surface area contributed by atoms with Crippen molar-refractivity contribution >= 4 is 11.7 Å². The fourth-order valence-corrected chi connectivity index (χ4v) is 3.08. The zero-order valence-electron chi connectivity index (χ0n) is 15.4. The van der Waals surface area contributed by atoms with Crippen LogP contribution in [-0.2, 0) is 4.79 Å². The van der Waals surface area contributed by atoms with Crippen molar-refractivity contribution in [3.63, 3.8) is 0 Å². The maximum Gasteiger partial charge on any atom is 0.220 e. The van der Waals surface area contributed by atoms with Gasteiger partial charge in [-0.05, 0) is 63.9 Å². The number of rotatable bonds is 9. The first-order chi connectivity index (χ1) is 12.1. The minimum absolute atomic E-state index is 0.0228. The van der Waals surface area contributed by atoms with E-state index in [1.54, 1.807) is 12.1 Å². The molecule has 1 aromatic carbocycles. The molecule has 5 nitrogen and oxygen atoms in total. The Morgan fingerprint density at radius 1 is 1.28 bits per heavy atom. The predicted molar refractivity (Wildman–Crippen MR) is 99.0 cm³/mol. The molecule has 5 heteroatoms. The van der Waals surface area contributed by atoms with Crippen LogP contribution in [0.2, 0.25) is 0 Å². The minimum Gasteiger partial charge on any atom is -0.494 e. The van der Waals surface area contributed by atoms with Crippen LogP contribution in [0.3, 0.4) is 0 Å². The van der Waals surface area contributed by atoms with Crippen LogP contribution >= 0.6 is 0 Å². The van der Waals surface area contributed by atoms with Gasteiger partial charge in [-0.2, -0.15) is 0 Å². The van der Waals surface area contributed by atoms with Crippen LogP contribution in [0.1, 0.15) is 49.9 Å². The number of piperidine rings is 1. The molecule has 0 saturated carbocycles. The highest BCUT2D eigenvalue weighted by Gasteiger charge is 2.18. The number of nitrogens with one attached hydrogen (secondary N) is 1. The highest BCUT2D eigenvalue weighted by atomic mass is 16.5. The summed E-state index contributed by atoms with van der Waals surface area (Å²) < 4.78 is 5.63. The smallest absolute Gasteiger partial charge is 0.220 e. The Labute approximate surface area is 150 Å². The van der Waals surface area contributed by atoms with Gasteiger partial charge in [-0.25, -0.2) is 0 Å². The number of hydrogen-bond acceptors (Lipinski definition) is 4. The number of carbonyl (C=O) groups is 2. The molecule has 0 atom stereocenters. The van der Waals surface area contributed by atoms with Crippen molar-refractivity contribution in [1.82, 2.24) is 10.2 Å². The molecule has 25 heavy (non-hydrogen) atoms. The average Bonchev–Trinajstić information content (AvgIpc) is 2.64. The number of amides is 1. The second-order valence-electron chi connectivity index (χ2n) is 6.72. The third kappa shape index (κ3) is 6.86. The number of likely N-dealkylation sites (tertiary alicyclic amines) is 1. The molecular formula is C20H30N2O3. The van der Waals surface area contributed by atoms with Crippen LogP contribution in [0.25, 0.3) is 0 Å². The standard InChI is InChI=1S/C20H30N2O3/c1-3-22-11-9-17(10-12-22)15-21-20(24)8-5-13-25-19-7-4-6-18(14-19)16(2)23/h4,6-7,14,17H,3,5,8-13,15H2,1-2H3,(H,21,24). The zero-order chi connectivity index (χ0) is 18.1. The molecule has 0 radical (unpaired) electrons. The molecular weight excluding hydrogens is 316 g/mol. The van der Waals surface area contributed by atoms with E-state index in [1.807, 2.05) is 12.1 Å². The predicted octanol–water partition coefficient (Wildman–Crippen LogP) is 2.90. The quantitative estimate of drug-likeness (QED) is 0.552. The molecule has 1 aliphatic rings. The van der Waals surface area contributed by atoms with E-state index in [0.29, 0.717) is 36.7 Å². The molecule has 1 aromatic rings. The first-order valence-corrected chi connectivity index (χ1v) is 9.31. The molecule has 1 aliphatic heterocycles. The average molecular weight is 346 g/mol. The Morgan fingerprint density at radius 2 is 2.04 bits per heavy atom. The van der Waals surface area contributed by atoms with Crippen molar-refractivity contribution in [2.75, 3.05) is 32.8 Å². The van der Waals surface area contributed by atoms with E-state index in [4.69, 9.17) is 4.74 Å². The molecule has 0 aliphatic carbocycles. The SMILES string of the molecule is CCN1CCC(CNC(=O)CCCOc2cccc(C(C)=O)c2)CC1. The third-order valence-electron chi connectivity index (χ3n) is 4.80. The molecule has 0 spiro atoms. The Balaban J connectivity index is 1.58. The third-order valence-corrected chi connectivity index (χ3v) is 4.80. The first kappa shape index (κ1) is 19.4. The number of benzene rings is 1. The van der Waals surface area contributed by atoms with Crippen molar-refractivity contribution in [3.05, 3.63) is 29.8 Å². The summed E-state index contributed by atoms with van der Waals surface area (Å²) >= 11 is 0. The van der Waals surface area contributed by atoms with E-state index >= 15 is 0 Å². The van der Waals surface area contributed by atoms with Gasteiger partial charge in [0.05, 0.1) is 6.61 Å². The Morgan fingerprint density at radius 3 is 2.72 bits per heavy atom. The fourth-order valence-electron chi connectivity index (χ4n) is 3.08. The van der Waals surface area contributed by atoms with Crippen LogP contribution in [0.15, 0.2) is 24.3 Å². The topological polar surface area (TPSA) is 58.6 Å². The van der Waals surface area contributed by atoms with Crippen LogP contribution in [-0.4, -0.2) is 49.4 Å². The molecule has 1 N–H and O–H groups in total. The van der Waals surface area contributed by atoms with Crippen molar-refractivity contribution in [2.24, 2.45) is 5.92 Å². The molecule has 0 bridgehead atoms. The van der Waals surface area contributed by atoms with E-state index in [9.17, 15) is 9.59 Å². The highest BCUT2D eigenvalue weighted by molar-refractivity contribution is 5.94. The summed E-state index contributed by atoms with van der Waals surface area (Å²) in [6, 6.07) is 7.15. The van der Waals surface area contributed by atoms with Gasteiger partial charge in [0.2, 0.25) is 5.91 Å². The molecule has 1 fully saturated rings. The number of nitrogens with zero attached hydrogens (tertiary/aromatic N) is 1. The summed E-state index contributed by atoms with van der Waals surface area (Å²) in [5.41, 5.74) is 0.643. The lowest BCUT2D eigenvalue weighted by molar-refractivity contribution is -0.121. The molecule has 1 heterocycles. The largest absolute Gasteiger partial charge is 0.494 e. The number of ketones is 1. The van der Waals surface area contributed by atoms with Crippen molar-refractivity contribution in [2.45, 2.75) is 39.5 Å². The van der Waals surface area contributed by atoms with E-state index in [-0.39, 0.29) is 11.7 Å². The van der Waals surface area contributed by atoms with Gasteiger partial charge in [-0.3, -0.25) is 9.59 Å². The molecule has 1 saturated heterocycles. The number of Topliss-reactive ketones (excluding diaryl/α,β-unsaturated/α-hetero) is 1. The zero-order valence-corrected chi connectivity index (χ0v) is 15.4. The molecule has 1 amide bonds. The second kappa shape index (κ2) is 10.2. The second-order valence-corrected chi connectivity index (χ2v) is 6.72. The van der Waals surface area contributed by atoms with Gasteiger partial charge < -0.3 is 15.0 Å². The first-order valence-electron chi connectivity index (χ1n) is 9.31. The molecule has 2 rings (SSSR count). The maximum atomic E-state index is 11.9. The summed E-state index contributed by atoms with van der Waals surface area (Å²) in [5.74, 6) is 1.40. The van der Waals surface area contributed by atoms with E-state index in [0.717, 1.165) is 26.2 Å². The summed E-state index contributed by atoms with van der Waals surface area (Å²) in [7, 11) is 0. The van der Waals surface area contributed by atoms with E-state index in [2.05, 4.69) is 17.1 Å². The highest BCUT2D eigenvalue weighted by Crippen LogP contribution is 2.16. The molecule has 138 valence electrons. The van der Waals surface area contributed by atoms with Gasteiger partial charge in [0.1, 0.15) is 5.75 Å². The van der Waals surface area contributed by atoms with Gasteiger partial charge in [0.25, 0.3) is 0 Å². The van der Waals surface area contributed by atoms with Crippen LogP contribution in [0.5, 0.6) is 5.75 Å². The fraction of sp³-hybridized carbons (Fsp3) is 0.600. The summed E-state index contributed by atoms with van der Waals surface area (Å²) in [4.78, 5) is 25.7. The number of carbonyl (C=O) groups excluding carboxylic acids is 2. The monoisotopic (exact) mass is 346 g/mol. The number of hydrogen-bond donors (Lipinski definition) is 1. The van der Waals surface area contributed by atoms with Crippen molar-refractivity contribution in [1.29, 1.82) is 0 Å². The summed E-state index contributed by atoms with van der Waals surface area (Å²) in [6.45, 7) is 8.40. The summed E-state index contributed by atoms with van der Waals surface area (Å²) in [6.07, 6.45) is 3.48. The molecule has 0 aromatic heterocycles. The maximum absolute atomic E-state index is 11.9. The van der Waals surface area contributed by atoms with Gasteiger partial charge in [0.15, 0.2) is 5.78 Å². The lowest BCUT2D eigenvalue weighted by Gasteiger charge is -2.31. The Kier molecular flexibility index (Phi) is 7.92. The molecule has 0 unspecified atom stereocenters. The van der Waals surface area contributed by atoms with Gasteiger partial charge in [0, 0.05) is 18.5 Å². The summed E-state index contributed by atoms with van der Waals surface area (Å²) in [5, 5.41) is 3.05. The lowest BCUT2D eigenvalue weighted by atomic mass is 9.97. The minimum atomic E-state index is 0.0228. The van der Waals surface area contributed by atoms with Crippen LogP contribution in [0, 0.1) is 5.92 Å². The van der Waals surface area contributed by atoms with Crippen LogP contribution < -0.4 is 10.1 Å². The van der Waals surface area contributed by atoms with E-state index in [1.165, 1.54) is 19.8 Å². The Hall–Kier alpha value is -1.88. The van der Waals surface area contributed by atoms with Crippen LogP contribution in [0.4, 0.5) is 0 Å². The van der Waals surface area contributed by atoms with E-state index < -0.39 is 0 Å². The lowest BCUT2D eigenvalue weighted by Crippen LogP contribution is -2.38. The number of ether oxygens (including phenoxy) is 1. The normalized spacial score (nSPS) is 15.8. The Bertz CT molecular complexity index is 566. The van der Waals surface area contributed by atoms with Crippen molar-refractivity contribution < 1.29 is 14.3 Å². The van der Waals surface area contributed by atoms with Crippen molar-refractivity contribution in [3.8, 4) is 5.75 Å².